The van der Waals surface area contributed by atoms with Crippen LogP contribution in [0.3, 0.4) is 0 Å². The molecule has 1 aromatic carbocycles. The SMILES string of the molecule is CCCCOC(=O)c1ccccc1OC(=O)C(CC)CCCC. The van der Waals surface area contributed by atoms with Crippen LogP contribution < -0.4 is 4.74 Å². The summed E-state index contributed by atoms with van der Waals surface area (Å²) in [5.74, 6) is -0.550. The van der Waals surface area contributed by atoms with Crippen molar-refractivity contribution in [3.05, 3.63) is 29.8 Å². The molecule has 0 saturated carbocycles. The molecule has 0 radical (unpaired) electrons. The second kappa shape index (κ2) is 10.8. The Balaban J connectivity index is 2.76. The highest BCUT2D eigenvalue weighted by Gasteiger charge is 2.21. The Labute approximate surface area is 139 Å². The summed E-state index contributed by atoms with van der Waals surface area (Å²) in [6.45, 7) is 6.49. The van der Waals surface area contributed by atoms with E-state index in [2.05, 4.69) is 6.92 Å². The van der Waals surface area contributed by atoms with Gasteiger partial charge in [0.2, 0.25) is 0 Å². The third-order valence-corrected chi connectivity index (χ3v) is 3.78. The summed E-state index contributed by atoms with van der Waals surface area (Å²) >= 11 is 0. The number of benzene rings is 1. The van der Waals surface area contributed by atoms with Gasteiger partial charge in [0.05, 0.1) is 12.5 Å². The average Bonchev–Trinajstić information content (AvgIpc) is 2.56. The van der Waals surface area contributed by atoms with Crippen LogP contribution >= 0.6 is 0 Å². The lowest BCUT2D eigenvalue weighted by molar-refractivity contribution is -0.139. The molecule has 1 rings (SSSR count). The predicted molar refractivity (Wildman–Crippen MR) is 90.6 cm³/mol. The maximum atomic E-state index is 12.3. The van der Waals surface area contributed by atoms with Crippen molar-refractivity contribution >= 4 is 11.9 Å². The summed E-state index contributed by atoms with van der Waals surface area (Å²) in [6, 6.07) is 6.76. The molecular weight excluding hydrogens is 292 g/mol. The summed E-state index contributed by atoms with van der Waals surface area (Å²) in [4.78, 5) is 24.4. The minimum absolute atomic E-state index is 0.126. The van der Waals surface area contributed by atoms with Gasteiger partial charge in [0, 0.05) is 0 Å². The van der Waals surface area contributed by atoms with E-state index in [4.69, 9.17) is 9.47 Å². The molecule has 0 N–H and O–H groups in total. The lowest BCUT2D eigenvalue weighted by Gasteiger charge is -2.15. The Morgan fingerprint density at radius 2 is 1.74 bits per heavy atom. The van der Waals surface area contributed by atoms with E-state index in [1.54, 1.807) is 24.3 Å². The van der Waals surface area contributed by atoms with Crippen LogP contribution in [0.1, 0.15) is 69.7 Å². The van der Waals surface area contributed by atoms with Crippen molar-refractivity contribution in [2.75, 3.05) is 6.61 Å². The molecule has 0 fully saturated rings. The van der Waals surface area contributed by atoms with E-state index in [0.717, 1.165) is 38.5 Å². The molecule has 4 heteroatoms. The van der Waals surface area contributed by atoms with Crippen molar-refractivity contribution in [1.82, 2.24) is 0 Å². The molecule has 0 aliphatic rings. The van der Waals surface area contributed by atoms with Crippen molar-refractivity contribution in [2.45, 2.75) is 59.3 Å². The zero-order chi connectivity index (χ0) is 17.1. The van der Waals surface area contributed by atoms with Gasteiger partial charge in [-0.3, -0.25) is 4.79 Å². The van der Waals surface area contributed by atoms with Gasteiger partial charge in [-0.05, 0) is 31.4 Å². The first kappa shape index (κ1) is 19.2. The summed E-state index contributed by atoms with van der Waals surface area (Å²) in [5.41, 5.74) is 0.308. The molecule has 0 heterocycles. The van der Waals surface area contributed by atoms with Crippen LogP contribution in [0.2, 0.25) is 0 Å². The first-order chi connectivity index (χ1) is 11.1. The van der Waals surface area contributed by atoms with E-state index in [-0.39, 0.29) is 17.6 Å². The minimum atomic E-state index is -0.441. The molecule has 0 aromatic heterocycles. The van der Waals surface area contributed by atoms with Crippen molar-refractivity contribution in [1.29, 1.82) is 0 Å². The third-order valence-electron chi connectivity index (χ3n) is 3.78. The molecule has 0 amide bonds. The first-order valence-corrected chi connectivity index (χ1v) is 8.61. The zero-order valence-electron chi connectivity index (χ0n) is 14.5. The van der Waals surface area contributed by atoms with E-state index in [0.29, 0.717) is 12.2 Å². The van der Waals surface area contributed by atoms with Crippen LogP contribution in [-0.4, -0.2) is 18.5 Å². The first-order valence-electron chi connectivity index (χ1n) is 8.61. The molecule has 0 bridgehead atoms. The highest BCUT2D eigenvalue weighted by Crippen LogP contribution is 2.22. The lowest BCUT2D eigenvalue weighted by Crippen LogP contribution is -2.21. The molecule has 1 atom stereocenters. The number of hydrogen-bond acceptors (Lipinski definition) is 4. The monoisotopic (exact) mass is 320 g/mol. The Kier molecular flexibility index (Phi) is 9.03. The van der Waals surface area contributed by atoms with Crippen LogP contribution in [0.25, 0.3) is 0 Å². The van der Waals surface area contributed by atoms with E-state index >= 15 is 0 Å². The molecule has 1 aromatic rings. The van der Waals surface area contributed by atoms with Crippen molar-refractivity contribution in [3.8, 4) is 5.75 Å². The molecule has 0 saturated heterocycles. The zero-order valence-corrected chi connectivity index (χ0v) is 14.5. The van der Waals surface area contributed by atoms with Crippen LogP contribution in [0, 0.1) is 5.92 Å². The number of esters is 2. The van der Waals surface area contributed by atoms with Crippen LogP contribution in [0.5, 0.6) is 5.75 Å². The lowest BCUT2D eigenvalue weighted by atomic mass is 10.00. The highest BCUT2D eigenvalue weighted by molar-refractivity contribution is 5.93. The molecule has 0 spiro atoms. The van der Waals surface area contributed by atoms with Gasteiger partial charge in [-0.2, -0.15) is 0 Å². The second-order valence-electron chi connectivity index (χ2n) is 5.65. The number of rotatable bonds is 10. The maximum absolute atomic E-state index is 12.3. The fourth-order valence-electron chi connectivity index (χ4n) is 2.24. The Morgan fingerprint density at radius 3 is 2.39 bits per heavy atom. The van der Waals surface area contributed by atoms with Gasteiger partial charge in [-0.15, -0.1) is 0 Å². The van der Waals surface area contributed by atoms with E-state index in [9.17, 15) is 9.59 Å². The quantitative estimate of drug-likeness (QED) is 0.354. The van der Waals surface area contributed by atoms with Crippen molar-refractivity contribution < 1.29 is 19.1 Å². The van der Waals surface area contributed by atoms with E-state index in [1.807, 2.05) is 13.8 Å². The molecule has 4 nitrogen and oxygen atoms in total. The predicted octanol–water partition coefficient (Wildman–Crippen LogP) is 4.77. The largest absolute Gasteiger partial charge is 0.462 e. The van der Waals surface area contributed by atoms with Gasteiger partial charge in [0.25, 0.3) is 0 Å². The topological polar surface area (TPSA) is 52.6 Å². The number of ether oxygens (including phenoxy) is 2. The molecular formula is C19H28O4. The normalized spacial score (nSPS) is 11.8. The second-order valence-corrected chi connectivity index (χ2v) is 5.65. The number of carbonyl (C=O) groups is 2. The van der Waals surface area contributed by atoms with E-state index in [1.165, 1.54) is 0 Å². The van der Waals surface area contributed by atoms with Gasteiger partial charge in [0.15, 0.2) is 0 Å². The van der Waals surface area contributed by atoms with E-state index < -0.39 is 5.97 Å². The summed E-state index contributed by atoms with van der Waals surface area (Å²) in [5, 5.41) is 0. The third kappa shape index (κ3) is 6.43. The van der Waals surface area contributed by atoms with Crippen molar-refractivity contribution in [2.24, 2.45) is 5.92 Å². The fourth-order valence-corrected chi connectivity index (χ4v) is 2.24. The van der Waals surface area contributed by atoms with Gasteiger partial charge < -0.3 is 9.47 Å². The summed E-state index contributed by atoms with van der Waals surface area (Å²) in [7, 11) is 0. The molecule has 0 aliphatic heterocycles. The van der Waals surface area contributed by atoms with Crippen molar-refractivity contribution in [3.63, 3.8) is 0 Å². The summed E-state index contributed by atoms with van der Waals surface area (Å²) < 4.78 is 10.7. The van der Waals surface area contributed by atoms with Gasteiger partial charge in [-0.1, -0.05) is 52.2 Å². The smallest absolute Gasteiger partial charge is 0.341 e. The standard InChI is InChI=1S/C19H28O4/c1-4-7-11-15(6-3)18(20)23-17-13-10-9-12-16(17)19(21)22-14-8-5-2/h9-10,12-13,15H,4-8,11,14H2,1-3H3. The fraction of sp³-hybridized carbons (Fsp3) is 0.579. The van der Waals surface area contributed by atoms with Gasteiger partial charge >= 0.3 is 11.9 Å². The Morgan fingerprint density at radius 1 is 1.04 bits per heavy atom. The number of para-hydroxylation sites is 1. The van der Waals surface area contributed by atoms with Crippen LogP contribution in [0.15, 0.2) is 24.3 Å². The highest BCUT2D eigenvalue weighted by atomic mass is 16.5. The number of hydrogen-bond donors (Lipinski definition) is 0. The van der Waals surface area contributed by atoms with Gasteiger partial charge in [0.1, 0.15) is 11.3 Å². The number of carbonyl (C=O) groups excluding carboxylic acids is 2. The molecule has 128 valence electrons. The van der Waals surface area contributed by atoms with Crippen LogP contribution in [0.4, 0.5) is 0 Å². The number of unbranched alkanes of at least 4 members (excludes halogenated alkanes) is 2. The minimum Gasteiger partial charge on any atom is -0.462 e. The molecule has 1 unspecified atom stereocenters. The van der Waals surface area contributed by atoms with Crippen LogP contribution in [-0.2, 0) is 9.53 Å². The Hall–Kier alpha value is -1.84. The maximum Gasteiger partial charge on any atom is 0.341 e. The molecule has 0 aliphatic carbocycles. The molecule has 23 heavy (non-hydrogen) atoms. The van der Waals surface area contributed by atoms with Gasteiger partial charge in [-0.25, -0.2) is 4.79 Å². The summed E-state index contributed by atoms with van der Waals surface area (Å²) in [6.07, 6.45) is 5.37. The average molecular weight is 320 g/mol. The Bertz CT molecular complexity index is 496.